The second kappa shape index (κ2) is 7.56. The van der Waals surface area contributed by atoms with Crippen molar-refractivity contribution in [3.8, 4) is 0 Å². The van der Waals surface area contributed by atoms with Crippen LogP contribution in [0.3, 0.4) is 0 Å². The van der Waals surface area contributed by atoms with Gasteiger partial charge in [-0.3, -0.25) is 0 Å². The molecule has 3 aromatic carbocycles. The Hall–Kier alpha value is -3.60. The van der Waals surface area contributed by atoms with Crippen LogP contribution in [0.1, 0.15) is 12.5 Å². The number of hydrogen-bond donors (Lipinski definition) is 2. The van der Waals surface area contributed by atoms with Crippen molar-refractivity contribution in [1.29, 1.82) is 0 Å². The molecule has 0 unspecified atom stereocenters. The Kier molecular flexibility index (Phi) is 4.81. The molecule has 140 valence electrons. The van der Waals surface area contributed by atoms with Crippen LogP contribution < -0.4 is 16.0 Å². The zero-order valence-corrected chi connectivity index (χ0v) is 16.1. The summed E-state index contributed by atoms with van der Waals surface area (Å²) in [5.41, 5.74) is 10.2. The summed E-state index contributed by atoms with van der Waals surface area (Å²) in [6.07, 6.45) is 1.55. The van der Waals surface area contributed by atoms with Crippen molar-refractivity contribution in [2.24, 2.45) is 0 Å². The topological polar surface area (TPSA) is 67.1 Å². The summed E-state index contributed by atoms with van der Waals surface area (Å²) in [6, 6.07) is 22.7. The minimum Gasteiger partial charge on any atom is -0.393 e. The third-order valence-electron chi connectivity index (χ3n) is 4.81. The highest BCUT2D eigenvalue weighted by Crippen LogP contribution is 2.36. The molecule has 0 atom stereocenters. The van der Waals surface area contributed by atoms with E-state index < -0.39 is 0 Å². The number of benzene rings is 3. The number of aromatic nitrogens is 2. The standard InChI is InChI=1S/C23H23N5/c1-3-28(20-10-6-8-17-7-4-5-9-19(17)20)23-21(24)22(25-15-26-23)27-18-13-11-16(2)12-14-18/h4-15H,3,24H2,1-2H3,(H,25,26,27). The lowest BCUT2D eigenvalue weighted by Crippen LogP contribution is -2.20. The monoisotopic (exact) mass is 369 g/mol. The lowest BCUT2D eigenvalue weighted by atomic mass is 10.1. The minimum absolute atomic E-state index is 0.526. The van der Waals surface area contributed by atoms with E-state index in [0.717, 1.165) is 23.3 Å². The molecular formula is C23H23N5. The summed E-state index contributed by atoms with van der Waals surface area (Å²) >= 11 is 0. The SMILES string of the molecule is CCN(c1ncnc(Nc2ccc(C)cc2)c1N)c1cccc2ccccc12. The summed E-state index contributed by atoms with van der Waals surface area (Å²) in [7, 11) is 0. The molecule has 0 aliphatic rings. The molecule has 0 aliphatic heterocycles. The lowest BCUT2D eigenvalue weighted by Gasteiger charge is -2.25. The predicted molar refractivity (Wildman–Crippen MR) is 118 cm³/mol. The molecule has 0 bridgehead atoms. The van der Waals surface area contributed by atoms with Gasteiger partial charge in [0.05, 0.1) is 5.69 Å². The van der Waals surface area contributed by atoms with E-state index in [0.29, 0.717) is 17.3 Å². The normalized spacial score (nSPS) is 10.8. The molecule has 0 spiro atoms. The van der Waals surface area contributed by atoms with Crippen LogP contribution >= 0.6 is 0 Å². The molecule has 0 fully saturated rings. The Bertz CT molecular complexity index is 1100. The summed E-state index contributed by atoms with van der Waals surface area (Å²) in [6.45, 7) is 4.89. The quantitative estimate of drug-likeness (QED) is 0.491. The van der Waals surface area contributed by atoms with E-state index >= 15 is 0 Å². The average molecular weight is 369 g/mol. The van der Waals surface area contributed by atoms with Crippen LogP contribution in [0.5, 0.6) is 0 Å². The summed E-state index contributed by atoms with van der Waals surface area (Å²) < 4.78 is 0. The smallest absolute Gasteiger partial charge is 0.161 e. The highest BCUT2D eigenvalue weighted by Gasteiger charge is 2.17. The van der Waals surface area contributed by atoms with Crippen LogP contribution in [0, 0.1) is 6.92 Å². The fourth-order valence-corrected chi connectivity index (χ4v) is 3.35. The number of rotatable bonds is 5. The van der Waals surface area contributed by atoms with Crippen LogP contribution in [0.25, 0.3) is 10.8 Å². The summed E-state index contributed by atoms with van der Waals surface area (Å²) in [5, 5.41) is 5.65. The maximum Gasteiger partial charge on any atom is 0.161 e. The van der Waals surface area contributed by atoms with Gasteiger partial charge >= 0.3 is 0 Å². The van der Waals surface area contributed by atoms with Gasteiger partial charge in [0.15, 0.2) is 11.6 Å². The first kappa shape index (κ1) is 17.8. The zero-order chi connectivity index (χ0) is 19.5. The van der Waals surface area contributed by atoms with Crippen LogP contribution in [0.15, 0.2) is 73.1 Å². The van der Waals surface area contributed by atoms with Gasteiger partial charge in [-0.1, -0.05) is 54.1 Å². The van der Waals surface area contributed by atoms with Crippen LogP contribution in [-0.4, -0.2) is 16.5 Å². The molecular weight excluding hydrogens is 346 g/mol. The number of fused-ring (bicyclic) bond motifs is 1. The number of nitrogens with one attached hydrogen (secondary N) is 1. The lowest BCUT2D eigenvalue weighted by molar-refractivity contribution is 0.985. The second-order valence-electron chi connectivity index (χ2n) is 6.69. The fourth-order valence-electron chi connectivity index (χ4n) is 3.35. The first-order chi connectivity index (χ1) is 13.7. The van der Waals surface area contributed by atoms with Crippen molar-refractivity contribution >= 4 is 39.5 Å². The third-order valence-corrected chi connectivity index (χ3v) is 4.81. The highest BCUT2D eigenvalue weighted by atomic mass is 15.2. The van der Waals surface area contributed by atoms with E-state index in [4.69, 9.17) is 5.73 Å². The number of nitrogen functional groups attached to an aromatic ring is 1. The molecule has 0 radical (unpaired) electrons. The summed E-state index contributed by atoms with van der Waals surface area (Å²) in [5.74, 6) is 1.30. The van der Waals surface area contributed by atoms with Crippen molar-refractivity contribution in [3.05, 3.63) is 78.6 Å². The first-order valence-corrected chi connectivity index (χ1v) is 9.37. The molecule has 0 saturated carbocycles. The van der Waals surface area contributed by atoms with Gasteiger partial charge in [-0.25, -0.2) is 9.97 Å². The molecule has 0 aliphatic carbocycles. The van der Waals surface area contributed by atoms with Crippen LogP contribution in [-0.2, 0) is 0 Å². The van der Waals surface area contributed by atoms with Gasteiger partial charge in [-0.05, 0) is 37.4 Å². The van der Waals surface area contributed by atoms with Crippen molar-refractivity contribution in [2.75, 3.05) is 22.5 Å². The van der Waals surface area contributed by atoms with Gasteiger partial charge in [0.1, 0.15) is 12.0 Å². The van der Waals surface area contributed by atoms with Crippen LogP contribution in [0.2, 0.25) is 0 Å². The Labute approximate surface area is 164 Å². The predicted octanol–water partition coefficient (Wildman–Crippen LogP) is 5.42. The van der Waals surface area contributed by atoms with Gasteiger partial charge < -0.3 is 16.0 Å². The highest BCUT2D eigenvalue weighted by molar-refractivity contribution is 5.97. The number of aryl methyl sites for hydroxylation is 1. The van der Waals surface area contributed by atoms with E-state index in [1.54, 1.807) is 6.33 Å². The number of nitrogens with two attached hydrogens (primary N) is 1. The number of anilines is 5. The summed E-state index contributed by atoms with van der Waals surface area (Å²) in [4.78, 5) is 11.0. The maximum absolute atomic E-state index is 6.49. The third kappa shape index (κ3) is 3.34. The Morgan fingerprint density at radius 2 is 1.68 bits per heavy atom. The molecule has 3 N–H and O–H groups in total. The maximum atomic E-state index is 6.49. The minimum atomic E-state index is 0.526. The van der Waals surface area contributed by atoms with E-state index in [2.05, 4.69) is 76.5 Å². The first-order valence-electron chi connectivity index (χ1n) is 9.37. The number of hydrogen-bond acceptors (Lipinski definition) is 5. The van der Waals surface area contributed by atoms with Gasteiger partial charge in [-0.2, -0.15) is 0 Å². The molecule has 1 heterocycles. The number of nitrogens with zero attached hydrogens (tertiary/aromatic N) is 3. The van der Waals surface area contributed by atoms with Gasteiger partial charge in [0, 0.05) is 17.6 Å². The van der Waals surface area contributed by atoms with E-state index in [-0.39, 0.29) is 0 Å². The zero-order valence-electron chi connectivity index (χ0n) is 16.1. The van der Waals surface area contributed by atoms with E-state index in [1.165, 1.54) is 10.9 Å². The van der Waals surface area contributed by atoms with Crippen LogP contribution in [0.4, 0.5) is 28.7 Å². The molecule has 28 heavy (non-hydrogen) atoms. The Morgan fingerprint density at radius 3 is 2.46 bits per heavy atom. The van der Waals surface area contributed by atoms with Crippen molar-refractivity contribution in [2.45, 2.75) is 13.8 Å². The van der Waals surface area contributed by atoms with Crippen molar-refractivity contribution in [1.82, 2.24) is 9.97 Å². The van der Waals surface area contributed by atoms with Gasteiger partial charge in [0.25, 0.3) is 0 Å². The Balaban J connectivity index is 1.76. The molecule has 4 rings (SSSR count). The fraction of sp³-hybridized carbons (Fsp3) is 0.130. The van der Waals surface area contributed by atoms with Crippen molar-refractivity contribution < 1.29 is 0 Å². The molecule has 0 saturated heterocycles. The Morgan fingerprint density at radius 1 is 0.929 bits per heavy atom. The van der Waals surface area contributed by atoms with E-state index in [9.17, 15) is 0 Å². The molecule has 5 heteroatoms. The molecule has 4 aromatic rings. The molecule has 5 nitrogen and oxygen atoms in total. The van der Waals surface area contributed by atoms with Crippen molar-refractivity contribution in [3.63, 3.8) is 0 Å². The molecule has 1 aromatic heterocycles. The average Bonchev–Trinajstić information content (AvgIpc) is 2.73. The van der Waals surface area contributed by atoms with Gasteiger partial charge in [0.2, 0.25) is 0 Å². The second-order valence-corrected chi connectivity index (χ2v) is 6.69. The van der Waals surface area contributed by atoms with E-state index in [1.807, 2.05) is 24.3 Å². The molecule has 0 amide bonds. The largest absolute Gasteiger partial charge is 0.393 e. The van der Waals surface area contributed by atoms with Gasteiger partial charge in [-0.15, -0.1) is 0 Å².